The highest BCUT2D eigenvalue weighted by Crippen LogP contribution is 2.15. The summed E-state index contributed by atoms with van der Waals surface area (Å²) in [6.07, 6.45) is 4.03. The van der Waals surface area contributed by atoms with Crippen LogP contribution in [0.4, 0.5) is 0 Å². The second kappa shape index (κ2) is 4.70. The maximum Gasteiger partial charge on any atom is 0.0806 e. The van der Waals surface area contributed by atoms with Crippen LogP contribution in [0.15, 0.2) is 0 Å². The van der Waals surface area contributed by atoms with Crippen molar-refractivity contribution in [2.75, 3.05) is 19.7 Å². The minimum Gasteiger partial charge on any atom is -0.303 e. The van der Waals surface area contributed by atoms with Crippen LogP contribution in [0.1, 0.15) is 26.2 Å². The van der Waals surface area contributed by atoms with Gasteiger partial charge in [0.15, 0.2) is 0 Å². The number of nitrogens with two attached hydrogens (primary N) is 1. The zero-order valence-electron chi connectivity index (χ0n) is 7.25. The Balaban J connectivity index is 2.18. The summed E-state index contributed by atoms with van der Waals surface area (Å²) >= 11 is 0. The predicted octanol–water partition coefficient (Wildman–Crippen LogP) is 0.751. The number of hydrogen-bond donors (Lipinski definition) is 1. The molecule has 0 spiro atoms. The summed E-state index contributed by atoms with van der Waals surface area (Å²) in [6, 6.07) is 0.721. The third-order valence-corrected chi connectivity index (χ3v) is 2.44. The Hall–Kier alpha value is -0.120. The van der Waals surface area contributed by atoms with Crippen LogP contribution >= 0.6 is 0 Å². The van der Waals surface area contributed by atoms with Crippen molar-refractivity contribution in [3.8, 4) is 0 Å². The Labute approximate surface area is 68.5 Å². The van der Waals surface area contributed by atoms with Crippen molar-refractivity contribution in [2.45, 2.75) is 32.2 Å². The standard InChI is InChI=1S/C8H18N2O/c1-8-4-2-3-5-10(8)6-7-11-9/h8H,2-7,9H2,1H3. The minimum absolute atomic E-state index is 0.657. The lowest BCUT2D eigenvalue weighted by molar-refractivity contribution is 0.0772. The Morgan fingerprint density at radius 1 is 1.55 bits per heavy atom. The molecule has 2 N–H and O–H groups in total. The molecule has 0 radical (unpaired) electrons. The smallest absolute Gasteiger partial charge is 0.0806 e. The maximum absolute atomic E-state index is 4.96. The number of hydrogen-bond acceptors (Lipinski definition) is 3. The molecule has 66 valence electrons. The first-order valence-corrected chi connectivity index (χ1v) is 4.40. The van der Waals surface area contributed by atoms with Gasteiger partial charge in [0, 0.05) is 12.6 Å². The second-order valence-electron chi connectivity index (χ2n) is 3.25. The van der Waals surface area contributed by atoms with Crippen molar-refractivity contribution >= 4 is 0 Å². The molecule has 3 nitrogen and oxygen atoms in total. The fourth-order valence-corrected chi connectivity index (χ4v) is 1.66. The molecule has 1 saturated heterocycles. The average molecular weight is 158 g/mol. The summed E-state index contributed by atoms with van der Waals surface area (Å²) in [5.41, 5.74) is 0. The van der Waals surface area contributed by atoms with E-state index in [4.69, 9.17) is 5.90 Å². The van der Waals surface area contributed by atoms with Crippen LogP contribution in [-0.2, 0) is 4.84 Å². The molecule has 0 amide bonds. The molecule has 0 bridgehead atoms. The lowest BCUT2D eigenvalue weighted by Crippen LogP contribution is -2.39. The molecule has 0 aromatic heterocycles. The molecule has 11 heavy (non-hydrogen) atoms. The molecule has 0 aliphatic carbocycles. The fraction of sp³-hybridized carbons (Fsp3) is 1.00. The zero-order chi connectivity index (χ0) is 8.10. The van der Waals surface area contributed by atoms with Gasteiger partial charge in [0.25, 0.3) is 0 Å². The van der Waals surface area contributed by atoms with E-state index in [1.807, 2.05) is 0 Å². The van der Waals surface area contributed by atoms with E-state index in [1.165, 1.54) is 25.8 Å². The van der Waals surface area contributed by atoms with E-state index in [1.54, 1.807) is 0 Å². The summed E-state index contributed by atoms with van der Waals surface area (Å²) < 4.78 is 0. The first kappa shape index (κ1) is 8.97. The average Bonchev–Trinajstić information content (AvgIpc) is 2.03. The van der Waals surface area contributed by atoms with Crippen LogP contribution in [-0.4, -0.2) is 30.6 Å². The zero-order valence-corrected chi connectivity index (χ0v) is 7.25. The van der Waals surface area contributed by atoms with E-state index in [9.17, 15) is 0 Å². The molecule has 0 aromatic carbocycles. The minimum atomic E-state index is 0.657. The van der Waals surface area contributed by atoms with Crippen LogP contribution in [0.2, 0.25) is 0 Å². The SMILES string of the molecule is CC1CCCCN1CCON. The van der Waals surface area contributed by atoms with E-state index in [0.29, 0.717) is 6.61 Å². The Kier molecular flexibility index (Phi) is 3.83. The molecule has 0 aromatic rings. The van der Waals surface area contributed by atoms with Gasteiger partial charge in [-0.15, -0.1) is 0 Å². The van der Waals surface area contributed by atoms with E-state index in [-0.39, 0.29) is 0 Å². The highest BCUT2D eigenvalue weighted by Gasteiger charge is 2.16. The highest BCUT2D eigenvalue weighted by atomic mass is 16.6. The number of piperidine rings is 1. The summed E-state index contributed by atoms with van der Waals surface area (Å²) in [5, 5.41) is 0. The maximum atomic E-state index is 4.96. The molecular weight excluding hydrogens is 140 g/mol. The second-order valence-corrected chi connectivity index (χ2v) is 3.25. The van der Waals surface area contributed by atoms with Gasteiger partial charge in [-0.2, -0.15) is 0 Å². The summed E-state index contributed by atoms with van der Waals surface area (Å²) in [4.78, 5) is 6.99. The Morgan fingerprint density at radius 3 is 3.00 bits per heavy atom. The Morgan fingerprint density at radius 2 is 2.36 bits per heavy atom. The predicted molar refractivity (Wildman–Crippen MR) is 45.0 cm³/mol. The van der Waals surface area contributed by atoms with Gasteiger partial charge in [-0.05, 0) is 26.3 Å². The van der Waals surface area contributed by atoms with E-state index in [2.05, 4.69) is 16.7 Å². The molecule has 1 fully saturated rings. The van der Waals surface area contributed by atoms with Crippen molar-refractivity contribution < 1.29 is 4.84 Å². The van der Waals surface area contributed by atoms with Gasteiger partial charge in [0.2, 0.25) is 0 Å². The largest absolute Gasteiger partial charge is 0.303 e. The van der Waals surface area contributed by atoms with Crippen molar-refractivity contribution in [3.05, 3.63) is 0 Å². The van der Waals surface area contributed by atoms with E-state index in [0.717, 1.165) is 12.6 Å². The third kappa shape index (κ3) is 2.77. The molecule has 0 saturated carbocycles. The van der Waals surface area contributed by atoms with Gasteiger partial charge in [-0.3, -0.25) is 4.90 Å². The first-order valence-electron chi connectivity index (χ1n) is 4.40. The van der Waals surface area contributed by atoms with Crippen LogP contribution in [0, 0.1) is 0 Å². The normalized spacial score (nSPS) is 27.3. The topological polar surface area (TPSA) is 38.5 Å². The van der Waals surface area contributed by atoms with E-state index >= 15 is 0 Å². The molecular formula is C8H18N2O. The summed E-state index contributed by atoms with van der Waals surface area (Å²) in [7, 11) is 0. The van der Waals surface area contributed by atoms with Crippen molar-refractivity contribution in [2.24, 2.45) is 5.90 Å². The summed E-state index contributed by atoms with van der Waals surface area (Å²) in [6.45, 7) is 5.13. The Bertz CT molecular complexity index is 108. The number of rotatable bonds is 3. The van der Waals surface area contributed by atoms with Crippen molar-refractivity contribution in [3.63, 3.8) is 0 Å². The van der Waals surface area contributed by atoms with Gasteiger partial charge < -0.3 is 4.84 Å². The molecule has 1 aliphatic heterocycles. The van der Waals surface area contributed by atoms with Crippen LogP contribution in [0.25, 0.3) is 0 Å². The third-order valence-electron chi connectivity index (χ3n) is 2.44. The molecule has 1 unspecified atom stereocenters. The van der Waals surface area contributed by atoms with Crippen molar-refractivity contribution in [1.82, 2.24) is 4.90 Å². The number of likely N-dealkylation sites (tertiary alicyclic amines) is 1. The van der Waals surface area contributed by atoms with Gasteiger partial charge in [-0.25, -0.2) is 5.90 Å². The van der Waals surface area contributed by atoms with Gasteiger partial charge in [0.1, 0.15) is 0 Å². The highest BCUT2D eigenvalue weighted by molar-refractivity contribution is 4.72. The molecule has 1 rings (SSSR count). The molecule has 1 aliphatic rings. The molecule has 3 heteroatoms. The fourth-order valence-electron chi connectivity index (χ4n) is 1.66. The van der Waals surface area contributed by atoms with Gasteiger partial charge in [-0.1, -0.05) is 6.42 Å². The monoisotopic (exact) mass is 158 g/mol. The summed E-state index contributed by atoms with van der Waals surface area (Å²) in [5.74, 6) is 4.96. The lowest BCUT2D eigenvalue weighted by Gasteiger charge is -2.32. The van der Waals surface area contributed by atoms with Crippen molar-refractivity contribution in [1.29, 1.82) is 0 Å². The lowest BCUT2D eigenvalue weighted by atomic mass is 10.0. The van der Waals surface area contributed by atoms with Crippen LogP contribution in [0.5, 0.6) is 0 Å². The first-order chi connectivity index (χ1) is 5.34. The molecule has 1 atom stereocenters. The molecule has 1 heterocycles. The quantitative estimate of drug-likeness (QED) is 0.616. The van der Waals surface area contributed by atoms with Crippen LogP contribution < -0.4 is 5.90 Å². The van der Waals surface area contributed by atoms with E-state index < -0.39 is 0 Å². The van der Waals surface area contributed by atoms with Gasteiger partial charge in [0.05, 0.1) is 6.61 Å². The van der Waals surface area contributed by atoms with Crippen LogP contribution in [0.3, 0.4) is 0 Å². The number of nitrogens with zero attached hydrogens (tertiary/aromatic N) is 1. The van der Waals surface area contributed by atoms with Gasteiger partial charge >= 0.3 is 0 Å².